The lowest BCUT2D eigenvalue weighted by molar-refractivity contribution is -0.133. The fourth-order valence-corrected chi connectivity index (χ4v) is 5.09. The maximum Gasteiger partial charge on any atom is 0.242 e. The number of likely N-dealkylation sites (tertiary alicyclic amines) is 1. The Morgan fingerprint density at radius 2 is 1.91 bits per heavy atom. The van der Waals surface area contributed by atoms with Crippen molar-refractivity contribution in [1.29, 1.82) is 0 Å². The van der Waals surface area contributed by atoms with Crippen molar-refractivity contribution in [2.24, 2.45) is 17.3 Å². The summed E-state index contributed by atoms with van der Waals surface area (Å²) in [4.78, 5) is 43.6. The molecule has 0 bridgehead atoms. The first-order valence-corrected chi connectivity index (χ1v) is 17.5. The third kappa shape index (κ3) is 21.4. The van der Waals surface area contributed by atoms with Crippen molar-refractivity contribution in [3.63, 3.8) is 0 Å². The molecule has 4 unspecified atom stereocenters. The monoisotopic (exact) mass is 635 g/mol. The second kappa shape index (κ2) is 24.9. The van der Waals surface area contributed by atoms with Gasteiger partial charge >= 0.3 is 0 Å². The molecule has 0 aromatic rings. The Labute approximate surface area is 270 Å². The molecule has 1 saturated carbocycles. The van der Waals surface area contributed by atoms with E-state index in [1.54, 1.807) is 0 Å². The van der Waals surface area contributed by atoms with Gasteiger partial charge in [-0.25, -0.2) is 0 Å². The highest BCUT2D eigenvalue weighted by molar-refractivity contribution is 8.08. The van der Waals surface area contributed by atoms with Gasteiger partial charge < -0.3 is 24.0 Å². The van der Waals surface area contributed by atoms with E-state index < -0.39 is 0 Å². The molecule has 2 N–H and O–H groups in total. The largest absolute Gasteiger partial charge is 0.347 e. The number of amides is 2. The topological polar surface area (TPSA) is 105 Å². The van der Waals surface area contributed by atoms with Gasteiger partial charge in [0.15, 0.2) is 0 Å². The Kier molecular flexibility index (Phi) is 23.6. The smallest absolute Gasteiger partial charge is 0.242 e. The predicted octanol–water partition coefficient (Wildman–Crippen LogP) is 6.74. The van der Waals surface area contributed by atoms with E-state index in [1.807, 2.05) is 39.5 Å². The number of carbonyl (C=O) groups excluding carboxylic acids is 4. The molecular formula is C35H61N3O5S. The third-order valence-electron chi connectivity index (χ3n) is 7.34. The van der Waals surface area contributed by atoms with Crippen molar-refractivity contribution in [3.05, 3.63) is 36.0 Å². The van der Waals surface area contributed by atoms with E-state index in [1.165, 1.54) is 44.1 Å². The van der Waals surface area contributed by atoms with Crippen LogP contribution in [0.4, 0.5) is 0 Å². The number of hydrogen-bond donors (Lipinski definition) is 2. The molecule has 1 aliphatic heterocycles. The molecule has 8 nitrogen and oxygen atoms in total. The number of carbonyl (C=O) groups is 4. The first-order valence-electron chi connectivity index (χ1n) is 16.2. The second-order valence-electron chi connectivity index (χ2n) is 12.6. The van der Waals surface area contributed by atoms with Crippen LogP contribution in [0.15, 0.2) is 36.0 Å². The number of aldehydes is 1. The van der Waals surface area contributed by atoms with Crippen LogP contribution in [-0.4, -0.2) is 68.4 Å². The van der Waals surface area contributed by atoms with E-state index in [9.17, 15) is 14.4 Å². The van der Waals surface area contributed by atoms with Crippen LogP contribution in [0.3, 0.4) is 0 Å². The number of unbranched alkanes of at least 4 members (excludes halogenated alkanes) is 3. The average molecular weight is 636 g/mol. The first-order chi connectivity index (χ1) is 21.0. The minimum Gasteiger partial charge on any atom is -0.347 e. The van der Waals surface area contributed by atoms with Gasteiger partial charge in [0.1, 0.15) is 13.1 Å². The summed E-state index contributed by atoms with van der Waals surface area (Å²) in [5.41, 5.74) is 1.35. The molecule has 3 rings (SSSR count). The van der Waals surface area contributed by atoms with Crippen LogP contribution in [0.5, 0.6) is 0 Å². The summed E-state index contributed by atoms with van der Waals surface area (Å²) >= 11 is 0. The van der Waals surface area contributed by atoms with Gasteiger partial charge in [0.2, 0.25) is 11.8 Å². The molecule has 2 fully saturated rings. The molecule has 2 amide bonds. The van der Waals surface area contributed by atoms with Gasteiger partial charge in [-0.15, -0.1) is 0 Å². The first kappa shape index (κ1) is 41.6. The van der Waals surface area contributed by atoms with Gasteiger partial charge in [-0.3, -0.25) is 14.3 Å². The highest BCUT2D eigenvalue weighted by atomic mass is 32.2. The van der Waals surface area contributed by atoms with Crippen LogP contribution in [0, 0.1) is 17.3 Å². The van der Waals surface area contributed by atoms with E-state index in [0.29, 0.717) is 24.3 Å². The van der Waals surface area contributed by atoms with Crippen LogP contribution < -0.4 is 10.0 Å². The van der Waals surface area contributed by atoms with Crippen LogP contribution in [-0.2, 0) is 23.4 Å². The Morgan fingerprint density at radius 1 is 1.18 bits per heavy atom. The van der Waals surface area contributed by atoms with E-state index in [4.69, 9.17) is 8.98 Å². The van der Waals surface area contributed by atoms with Crippen LogP contribution in [0.1, 0.15) is 105 Å². The number of nitrogens with one attached hydrogen (secondary N) is 2. The van der Waals surface area contributed by atoms with Crippen molar-refractivity contribution in [1.82, 2.24) is 14.9 Å². The molecule has 252 valence electrons. The zero-order valence-corrected chi connectivity index (χ0v) is 29.2. The standard InChI is InChI=1S/C13H24N2O2.C11H18O.C10H17NOS.CH2O/c1-10-6-5-7-15(10)12(17)9-14-11(16)8-13(2,3)4;1-2-3-4-5-6-7-10-8-11(10)9-12;1-11-13(2)12-9-8-10-6-4-3-5-7-10;1-2/h10H,5-9H2,1-4H3,(H,14,16);6-7,9-11H,2-5,8H2,1H3;4,6-7,11H,2-3,5,8-9H2,1H3;1H2. The fraction of sp³-hybridized carbons (Fsp3) is 0.686. The molecule has 9 heteroatoms. The van der Waals surface area contributed by atoms with Gasteiger partial charge in [0.25, 0.3) is 0 Å². The predicted molar refractivity (Wildman–Crippen MR) is 186 cm³/mol. The lowest BCUT2D eigenvalue weighted by Crippen LogP contribution is -2.42. The van der Waals surface area contributed by atoms with Crippen molar-refractivity contribution < 1.29 is 23.4 Å². The number of allylic oxidation sites excluding steroid dienone is 5. The van der Waals surface area contributed by atoms with E-state index in [-0.39, 0.29) is 34.7 Å². The summed E-state index contributed by atoms with van der Waals surface area (Å²) in [5.74, 6) is 4.73. The Bertz CT molecular complexity index is 941. The minimum absolute atomic E-state index is 0.0337. The number of hydrogen-bond acceptors (Lipinski definition) is 6. The summed E-state index contributed by atoms with van der Waals surface area (Å²) in [6.45, 7) is 14.0. The molecule has 3 aliphatic rings. The molecule has 0 spiro atoms. The van der Waals surface area contributed by atoms with Gasteiger partial charge in [-0.2, -0.15) is 0 Å². The zero-order valence-electron chi connectivity index (χ0n) is 28.4. The zero-order chi connectivity index (χ0) is 33.4. The van der Waals surface area contributed by atoms with Crippen molar-refractivity contribution in [2.75, 3.05) is 26.7 Å². The molecule has 4 atom stereocenters. The molecule has 0 aromatic heterocycles. The average Bonchev–Trinajstić information content (AvgIpc) is 3.64. The molecule has 2 aliphatic carbocycles. The van der Waals surface area contributed by atoms with Crippen molar-refractivity contribution in [3.8, 4) is 0 Å². The summed E-state index contributed by atoms with van der Waals surface area (Å²) in [5, 5.41) is 2.71. The normalized spacial score (nSPS) is 21.0. The summed E-state index contributed by atoms with van der Waals surface area (Å²) in [6, 6.07) is 0.321. The molecule has 1 heterocycles. The van der Waals surface area contributed by atoms with Gasteiger partial charge in [-0.05, 0) is 88.1 Å². The Hall–Kier alpha value is -2.36. The minimum atomic E-state index is -0.333. The molecular weight excluding hydrogens is 574 g/mol. The fourth-order valence-electron chi connectivity index (χ4n) is 4.69. The molecule has 44 heavy (non-hydrogen) atoms. The SMILES string of the molecule is C=O.C=S(NC)OCCC1=CCCC=C1.CC1CCCN1C(=O)CNC(=O)CC(C)(C)C.CCCCCC=CC1CC1C=O. The van der Waals surface area contributed by atoms with Crippen molar-refractivity contribution in [2.45, 2.75) is 111 Å². The van der Waals surface area contributed by atoms with E-state index in [2.05, 4.69) is 60.1 Å². The second-order valence-corrected chi connectivity index (χ2v) is 13.9. The van der Waals surface area contributed by atoms with Crippen LogP contribution >= 0.6 is 11.0 Å². The molecule has 1 saturated heterocycles. The molecule has 0 radical (unpaired) electrons. The Balaban J connectivity index is 0.000000623. The van der Waals surface area contributed by atoms with Crippen molar-refractivity contribution >= 4 is 41.7 Å². The maximum atomic E-state index is 11.8. The lowest BCUT2D eigenvalue weighted by atomic mass is 9.92. The summed E-state index contributed by atoms with van der Waals surface area (Å²) in [6.07, 6.45) is 24.4. The van der Waals surface area contributed by atoms with Gasteiger partial charge in [-0.1, -0.05) is 70.9 Å². The lowest BCUT2D eigenvalue weighted by Gasteiger charge is -2.22. The van der Waals surface area contributed by atoms with E-state index in [0.717, 1.165) is 45.1 Å². The summed E-state index contributed by atoms with van der Waals surface area (Å²) < 4.78 is 8.38. The van der Waals surface area contributed by atoms with E-state index >= 15 is 0 Å². The maximum absolute atomic E-state index is 11.8. The highest BCUT2D eigenvalue weighted by Crippen LogP contribution is 2.37. The van der Waals surface area contributed by atoms with Gasteiger partial charge in [0, 0.05) is 35.9 Å². The van der Waals surface area contributed by atoms with Crippen LogP contribution in [0.25, 0.3) is 0 Å². The molecule has 0 aromatic carbocycles. The van der Waals surface area contributed by atoms with Gasteiger partial charge in [0.05, 0.1) is 13.2 Å². The number of rotatable bonds is 14. The third-order valence-corrected chi connectivity index (χ3v) is 8.25. The summed E-state index contributed by atoms with van der Waals surface area (Å²) in [7, 11) is 1.52. The Morgan fingerprint density at radius 3 is 2.43 bits per heavy atom. The quantitative estimate of drug-likeness (QED) is 0.0948. The number of nitrogens with zero attached hydrogens (tertiary/aromatic N) is 1. The van der Waals surface area contributed by atoms with Crippen LogP contribution in [0.2, 0.25) is 0 Å². The highest BCUT2D eigenvalue weighted by Gasteiger charge is 2.33.